The number of nitrogens with zero attached hydrogens (tertiary/aromatic N) is 1. The number of carboxylic acid groups (broad SMARTS) is 1. The molecular weight excluding hydrogens is 234 g/mol. The quantitative estimate of drug-likeness (QED) is 0.785. The minimum Gasteiger partial charge on any atom is -0.545 e. The standard InChI is InChI=1S/C13H13NO4/c1-3-14-7-10(13(16)17)12(15)9-6-8(18-2)4-5-11(9)14/h4-7H,3H2,1-2H3,(H,16,17)/p-1. The fourth-order valence-electron chi connectivity index (χ4n) is 1.91. The number of hydrogen-bond donors (Lipinski definition) is 0. The van der Waals surface area contributed by atoms with Crippen molar-refractivity contribution in [3.8, 4) is 5.75 Å². The Balaban J connectivity index is 2.90. The van der Waals surface area contributed by atoms with Gasteiger partial charge in [0.1, 0.15) is 5.75 Å². The first kappa shape index (κ1) is 12.2. The van der Waals surface area contributed by atoms with Gasteiger partial charge in [0.15, 0.2) is 5.43 Å². The molecule has 0 N–H and O–H groups in total. The van der Waals surface area contributed by atoms with E-state index in [-0.39, 0.29) is 5.56 Å². The maximum atomic E-state index is 12.0. The molecule has 5 heteroatoms. The fraction of sp³-hybridized carbons (Fsp3) is 0.231. The molecule has 0 atom stereocenters. The summed E-state index contributed by atoms with van der Waals surface area (Å²) in [6.07, 6.45) is 1.31. The topological polar surface area (TPSA) is 71.4 Å². The van der Waals surface area contributed by atoms with E-state index in [1.165, 1.54) is 19.4 Å². The number of benzene rings is 1. The summed E-state index contributed by atoms with van der Waals surface area (Å²) in [4.78, 5) is 22.9. The molecule has 1 aromatic heterocycles. The van der Waals surface area contributed by atoms with Crippen molar-refractivity contribution in [1.29, 1.82) is 0 Å². The van der Waals surface area contributed by atoms with Crippen LogP contribution in [0.2, 0.25) is 0 Å². The van der Waals surface area contributed by atoms with Crippen molar-refractivity contribution >= 4 is 16.9 Å². The van der Waals surface area contributed by atoms with E-state index in [9.17, 15) is 14.7 Å². The summed E-state index contributed by atoms with van der Waals surface area (Å²) in [5.74, 6) is -0.954. The highest BCUT2D eigenvalue weighted by atomic mass is 16.5. The van der Waals surface area contributed by atoms with Crippen LogP contribution in [0.3, 0.4) is 0 Å². The second-order valence-corrected chi connectivity index (χ2v) is 3.83. The summed E-state index contributed by atoms with van der Waals surface area (Å²) in [6, 6.07) is 5.00. The van der Waals surface area contributed by atoms with Crippen LogP contribution in [0.4, 0.5) is 0 Å². The zero-order chi connectivity index (χ0) is 13.3. The number of aromatic nitrogens is 1. The lowest BCUT2D eigenvalue weighted by atomic mass is 10.1. The molecule has 5 nitrogen and oxygen atoms in total. The summed E-state index contributed by atoms with van der Waals surface area (Å²) >= 11 is 0. The third kappa shape index (κ3) is 1.84. The van der Waals surface area contributed by atoms with Crippen molar-refractivity contribution in [2.45, 2.75) is 13.5 Å². The van der Waals surface area contributed by atoms with E-state index in [4.69, 9.17) is 4.74 Å². The highest BCUT2D eigenvalue weighted by molar-refractivity contribution is 5.91. The lowest BCUT2D eigenvalue weighted by molar-refractivity contribution is -0.255. The number of carboxylic acids is 1. The first-order valence-corrected chi connectivity index (χ1v) is 5.51. The zero-order valence-corrected chi connectivity index (χ0v) is 10.1. The van der Waals surface area contributed by atoms with Crippen LogP contribution in [0.1, 0.15) is 17.3 Å². The van der Waals surface area contributed by atoms with Crippen LogP contribution in [0.15, 0.2) is 29.2 Å². The number of aryl methyl sites for hydroxylation is 1. The van der Waals surface area contributed by atoms with Crippen molar-refractivity contribution < 1.29 is 14.6 Å². The monoisotopic (exact) mass is 246 g/mol. The molecule has 18 heavy (non-hydrogen) atoms. The molecule has 0 radical (unpaired) electrons. The molecule has 0 aliphatic heterocycles. The third-order valence-electron chi connectivity index (χ3n) is 2.85. The van der Waals surface area contributed by atoms with Gasteiger partial charge in [0.25, 0.3) is 0 Å². The Hall–Kier alpha value is -2.30. The number of hydrogen-bond acceptors (Lipinski definition) is 4. The van der Waals surface area contributed by atoms with Crippen molar-refractivity contribution in [3.63, 3.8) is 0 Å². The summed E-state index contributed by atoms with van der Waals surface area (Å²) in [6.45, 7) is 2.43. The van der Waals surface area contributed by atoms with Crippen molar-refractivity contribution in [3.05, 3.63) is 40.2 Å². The third-order valence-corrected chi connectivity index (χ3v) is 2.85. The first-order valence-electron chi connectivity index (χ1n) is 5.51. The molecule has 2 aromatic rings. The van der Waals surface area contributed by atoms with Gasteiger partial charge in [0.05, 0.1) is 24.2 Å². The van der Waals surface area contributed by atoms with Gasteiger partial charge in [0, 0.05) is 18.1 Å². The van der Waals surface area contributed by atoms with E-state index in [1.807, 2.05) is 6.92 Å². The average molecular weight is 246 g/mol. The largest absolute Gasteiger partial charge is 0.545 e. The number of fused-ring (bicyclic) bond motifs is 1. The molecular formula is C13H12NO4-. The molecule has 0 bridgehead atoms. The van der Waals surface area contributed by atoms with Crippen LogP contribution in [-0.2, 0) is 6.54 Å². The van der Waals surface area contributed by atoms with Crippen LogP contribution in [0, 0.1) is 0 Å². The second kappa shape index (κ2) is 4.52. The van der Waals surface area contributed by atoms with E-state index in [0.717, 1.165) is 0 Å². The lowest BCUT2D eigenvalue weighted by Gasteiger charge is -2.12. The number of pyridine rings is 1. The van der Waals surface area contributed by atoms with Crippen LogP contribution in [0.5, 0.6) is 5.75 Å². The normalized spacial score (nSPS) is 10.6. The number of rotatable bonds is 3. The van der Waals surface area contributed by atoms with Crippen LogP contribution in [-0.4, -0.2) is 17.6 Å². The van der Waals surface area contributed by atoms with E-state index < -0.39 is 11.4 Å². The Labute approximate surface area is 103 Å². The highest BCUT2D eigenvalue weighted by Gasteiger charge is 2.10. The van der Waals surface area contributed by atoms with Crippen LogP contribution >= 0.6 is 0 Å². The van der Waals surface area contributed by atoms with Gasteiger partial charge < -0.3 is 19.2 Å². The molecule has 0 aliphatic rings. The van der Waals surface area contributed by atoms with E-state index in [2.05, 4.69) is 0 Å². The van der Waals surface area contributed by atoms with E-state index >= 15 is 0 Å². The SMILES string of the molecule is CCn1cc(C(=O)[O-])c(=O)c2cc(OC)ccc21. The molecule has 0 spiro atoms. The number of carbonyl (C=O) groups is 1. The molecule has 0 unspecified atom stereocenters. The average Bonchev–Trinajstić information content (AvgIpc) is 2.38. The molecule has 0 saturated carbocycles. The number of ether oxygens (including phenoxy) is 1. The fourth-order valence-corrected chi connectivity index (χ4v) is 1.91. The molecule has 1 aromatic carbocycles. The molecule has 1 heterocycles. The Morgan fingerprint density at radius 3 is 2.72 bits per heavy atom. The summed E-state index contributed by atoms with van der Waals surface area (Å²) in [5.41, 5.74) is -0.209. The molecule has 0 aliphatic carbocycles. The van der Waals surface area contributed by atoms with Gasteiger partial charge in [-0.25, -0.2) is 0 Å². The Kier molecular flexibility index (Phi) is 3.06. The van der Waals surface area contributed by atoms with Gasteiger partial charge in [-0.2, -0.15) is 0 Å². The maximum absolute atomic E-state index is 12.0. The van der Waals surface area contributed by atoms with Gasteiger partial charge in [-0.05, 0) is 25.1 Å². The first-order chi connectivity index (χ1) is 8.58. The smallest absolute Gasteiger partial charge is 0.198 e. The van der Waals surface area contributed by atoms with Gasteiger partial charge in [-0.15, -0.1) is 0 Å². The Morgan fingerprint density at radius 2 is 2.17 bits per heavy atom. The summed E-state index contributed by atoms with van der Waals surface area (Å²) in [7, 11) is 1.49. The van der Waals surface area contributed by atoms with Gasteiger partial charge in [-0.1, -0.05) is 0 Å². The predicted molar refractivity (Wildman–Crippen MR) is 64.8 cm³/mol. The molecule has 0 saturated heterocycles. The second-order valence-electron chi connectivity index (χ2n) is 3.83. The Morgan fingerprint density at radius 1 is 1.44 bits per heavy atom. The molecule has 2 rings (SSSR count). The minimum absolute atomic E-state index is 0.318. The van der Waals surface area contributed by atoms with Gasteiger partial charge >= 0.3 is 0 Å². The summed E-state index contributed by atoms with van der Waals surface area (Å²) < 4.78 is 6.74. The lowest BCUT2D eigenvalue weighted by Crippen LogP contribution is -2.30. The van der Waals surface area contributed by atoms with Gasteiger partial charge in [-0.3, -0.25) is 4.79 Å². The summed E-state index contributed by atoms with van der Waals surface area (Å²) in [5, 5.41) is 11.2. The van der Waals surface area contributed by atoms with E-state index in [0.29, 0.717) is 23.2 Å². The minimum atomic E-state index is -1.47. The highest BCUT2D eigenvalue weighted by Crippen LogP contribution is 2.18. The van der Waals surface area contributed by atoms with Crippen LogP contribution in [0.25, 0.3) is 10.9 Å². The molecule has 0 fully saturated rings. The van der Waals surface area contributed by atoms with Crippen molar-refractivity contribution in [2.75, 3.05) is 7.11 Å². The zero-order valence-electron chi connectivity index (χ0n) is 10.1. The number of methoxy groups -OCH3 is 1. The van der Waals surface area contributed by atoms with E-state index in [1.54, 1.807) is 16.7 Å². The predicted octanol–water partition coefficient (Wildman–Crippen LogP) is 0.393. The maximum Gasteiger partial charge on any atom is 0.198 e. The van der Waals surface area contributed by atoms with Crippen molar-refractivity contribution in [2.24, 2.45) is 0 Å². The molecule has 94 valence electrons. The number of aromatic carboxylic acids is 1. The van der Waals surface area contributed by atoms with Crippen molar-refractivity contribution in [1.82, 2.24) is 4.57 Å². The Bertz CT molecular complexity index is 672. The van der Waals surface area contributed by atoms with Gasteiger partial charge in [0.2, 0.25) is 0 Å². The van der Waals surface area contributed by atoms with Crippen LogP contribution < -0.4 is 15.3 Å². The number of carbonyl (C=O) groups excluding carboxylic acids is 1. The molecule has 0 amide bonds.